The van der Waals surface area contributed by atoms with Crippen LogP contribution >= 0.6 is 0 Å². The molecule has 0 aliphatic heterocycles. The highest BCUT2D eigenvalue weighted by atomic mass is 16.2. The number of anilines is 1. The number of hydrogen-bond acceptors (Lipinski definition) is 3. The lowest BCUT2D eigenvalue weighted by Gasteiger charge is -2.20. The van der Waals surface area contributed by atoms with Crippen molar-refractivity contribution in [2.24, 2.45) is 11.7 Å². The van der Waals surface area contributed by atoms with Crippen LogP contribution in [0.25, 0.3) is 0 Å². The fourth-order valence-corrected chi connectivity index (χ4v) is 2.93. The molecule has 0 fully saturated rings. The van der Waals surface area contributed by atoms with Crippen molar-refractivity contribution in [3.63, 3.8) is 0 Å². The number of nitrogens with two attached hydrogens (primary N) is 1. The second-order valence-electron chi connectivity index (χ2n) is 7.38. The first kappa shape index (κ1) is 20.6. The van der Waals surface area contributed by atoms with E-state index in [1.54, 1.807) is 24.3 Å². The van der Waals surface area contributed by atoms with Gasteiger partial charge in [-0.3, -0.25) is 14.9 Å². The summed E-state index contributed by atoms with van der Waals surface area (Å²) in [5, 5.41) is 6.16. The lowest BCUT2D eigenvalue weighted by molar-refractivity contribution is -0.117. The summed E-state index contributed by atoms with van der Waals surface area (Å²) in [5.41, 5.74) is 8.73. The van der Waals surface area contributed by atoms with Crippen LogP contribution in [0.15, 0.2) is 48.5 Å². The summed E-state index contributed by atoms with van der Waals surface area (Å²) in [6, 6.07) is 14.7. The van der Waals surface area contributed by atoms with Crippen LogP contribution in [0.1, 0.15) is 55.2 Å². The number of rotatable bonds is 8. The summed E-state index contributed by atoms with van der Waals surface area (Å²) < 4.78 is 0. The van der Waals surface area contributed by atoms with E-state index >= 15 is 0 Å². The van der Waals surface area contributed by atoms with Crippen molar-refractivity contribution >= 4 is 17.5 Å². The highest BCUT2D eigenvalue weighted by Gasteiger charge is 2.16. The molecular weight excluding hydrogens is 338 g/mol. The van der Waals surface area contributed by atoms with E-state index in [4.69, 9.17) is 5.73 Å². The third-order valence-corrected chi connectivity index (χ3v) is 4.45. The van der Waals surface area contributed by atoms with Gasteiger partial charge in [-0.05, 0) is 61.6 Å². The quantitative estimate of drug-likeness (QED) is 0.666. The summed E-state index contributed by atoms with van der Waals surface area (Å²) in [5.74, 6) is 0.00778. The van der Waals surface area contributed by atoms with E-state index in [1.807, 2.05) is 13.8 Å². The molecule has 2 amide bonds. The van der Waals surface area contributed by atoms with Crippen molar-refractivity contribution in [3.8, 4) is 0 Å². The first-order chi connectivity index (χ1) is 12.8. The van der Waals surface area contributed by atoms with Crippen molar-refractivity contribution in [1.82, 2.24) is 5.32 Å². The number of hydrogen-bond donors (Lipinski definition) is 3. The predicted octanol–water partition coefficient (Wildman–Crippen LogP) is 3.66. The van der Waals surface area contributed by atoms with Gasteiger partial charge in [0.15, 0.2) is 0 Å². The van der Waals surface area contributed by atoms with E-state index in [2.05, 4.69) is 48.7 Å². The van der Waals surface area contributed by atoms with E-state index in [0.717, 1.165) is 12.0 Å². The topological polar surface area (TPSA) is 84.2 Å². The van der Waals surface area contributed by atoms with Crippen LogP contribution in [0.2, 0.25) is 0 Å². The van der Waals surface area contributed by atoms with Gasteiger partial charge in [-0.25, -0.2) is 0 Å². The largest absolute Gasteiger partial charge is 0.366 e. The van der Waals surface area contributed by atoms with Crippen molar-refractivity contribution in [2.75, 3.05) is 5.32 Å². The average Bonchev–Trinajstić information content (AvgIpc) is 2.62. The summed E-state index contributed by atoms with van der Waals surface area (Å²) >= 11 is 0. The predicted molar refractivity (Wildman–Crippen MR) is 110 cm³/mol. The highest BCUT2D eigenvalue weighted by molar-refractivity contribution is 5.96. The first-order valence-electron chi connectivity index (χ1n) is 9.32. The number of carbonyl (C=O) groups excluding carboxylic acids is 2. The Bertz CT molecular complexity index is 767. The van der Waals surface area contributed by atoms with Gasteiger partial charge >= 0.3 is 0 Å². The lowest BCUT2D eigenvalue weighted by atomic mass is 9.99. The molecule has 0 radical (unpaired) electrons. The molecule has 0 unspecified atom stereocenters. The van der Waals surface area contributed by atoms with E-state index in [9.17, 15) is 9.59 Å². The van der Waals surface area contributed by atoms with Crippen LogP contribution in [0.3, 0.4) is 0 Å². The van der Waals surface area contributed by atoms with Gasteiger partial charge in [0.25, 0.3) is 0 Å². The van der Waals surface area contributed by atoms with Crippen LogP contribution in [0.4, 0.5) is 5.69 Å². The van der Waals surface area contributed by atoms with Crippen molar-refractivity contribution in [2.45, 2.75) is 46.2 Å². The van der Waals surface area contributed by atoms with Crippen molar-refractivity contribution < 1.29 is 9.59 Å². The zero-order valence-corrected chi connectivity index (χ0v) is 16.5. The number of carbonyl (C=O) groups is 2. The molecule has 0 aromatic heterocycles. The third-order valence-electron chi connectivity index (χ3n) is 4.45. The van der Waals surface area contributed by atoms with Gasteiger partial charge in [0.1, 0.15) is 0 Å². The minimum absolute atomic E-state index is 0.0519. The Labute approximate surface area is 161 Å². The fraction of sp³-hybridized carbons (Fsp3) is 0.364. The molecule has 2 rings (SSSR count). The molecule has 144 valence electrons. The summed E-state index contributed by atoms with van der Waals surface area (Å²) in [7, 11) is 0. The molecule has 0 spiro atoms. The Hall–Kier alpha value is -2.66. The van der Waals surface area contributed by atoms with E-state index in [1.165, 1.54) is 5.56 Å². The van der Waals surface area contributed by atoms with Crippen LogP contribution in [0.5, 0.6) is 0 Å². The molecule has 5 nitrogen and oxygen atoms in total. The SMILES string of the molecule is CC(C)Cc1ccc([C@@H](C)N[C@H](C)C(=O)Nc2ccc(C(N)=O)cc2)cc1. The third kappa shape index (κ3) is 6.22. The zero-order valence-electron chi connectivity index (χ0n) is 16.5. The standard InChI is InChI=1S/C22H29N3O2/c1-14(2)13-17-5-7-18(8-6-17)15(3)24-16(4)22(27)25-20-11-9-19(10-12-20)21(23)26/h5-12,14-16,24H,13H2,1-4H3,(H2,23,26)(H,25,27)/t15-,16-/m1/s1. The Balaban J connectivity index is 1.91. The van der Waals surface area contributed by atoms with Crippen molar-refractivity contribution in [1.29, 1.82) is 0 Å². The van der Waals surface area contributed by atoms with Gasteiger partial charge in [-0.15, -0.1) is 0 Å². The average molecular weight is 367 g/mol. The summed E-state index contributed by atoms with van der Waals surface area (Å²) in [6.45, 7) is 8.29. The summed E-state index contributed by atoms with van der Waals surface area (Å²) in [4.78, 5) is 23.5. The van der Waals surface area contributed by atoms with Crippen LogP contribution in [-0.4, -0.2) is 17.9 Å². The molecule has 2 aromatic rings. The number of benzene rings is 2. The maximum atomic E-state index is 12.4. The Morgan fingerprint density at radius 3 is 2.04 bits per heavy atom. The number of primary amides is 1. The Morgan fingerprint density at radius 2 is 1.52 bits per heavy atom. The zero-order chi connectivity index (χ0) is 20.0. The first-order valence-corrected chi connectivity index (χ1v) is 9.32. The van der Waals surface area contributed by atoms with E-state index < -0.39 is 5.91 Å². The monoisotopic (exact) mass is 367 g/mol. The minimum Gasteiger partial charge on any atom is -0.366 e. The van der Waals surface area contributed by atoms with E-state index in [-0.39, 0.29) is 18.0 Å². The molecule has 2 atom stereocenters. The maximum absolute atomic E-state index is 12.4. The molecule has 2 aromatic carbocycles. The molecule has 4 N–H and O–H groups in total. The summed E-state index contributed by atoms with van der Waals surface area (Å²) in [6.07, 6.45) is 1.06. The van der Waals surface area contributed by atoms with Gasteiger partial charge in [0.05, 0.1) is 6.04 Å². The smallest absolute Gasteiger partial charge is 0.248 e. The molecule has 0 heterocycles. The molecule has 0 bridgehead atoms. The minimum atomic E-state index is -0.490. The number of amides is 2. The molecule has 0 aliphatic carbocycles. The van der Waals surface area contributed by atoms with Gasteiger partial charge in [-0.1, -0.05) is 38.1 Å². The molecule has 27 heavy (non-hydrogen) atoms. The second kappa shape index (κ2) is 9.33. The van der Waals surface area contributed by atoms with Crippen LogP contribution in [0, 0.1) is 5.92 Å². The Morgan fingerprint density at radius 1 is 0.926 bits per heavy atom. The normalized spacial score (nSPS) is 13.2. The maximum Gasteiger partial charge on any atom is 0.248 e. The highest BCUT2D eigenvalue weighted by Crippen LogP contribution is 2.17. The van der Waals surface area contributed by atoms with Crippen LogP contribution < -0.4 is 16.4 Å². The molecule has 0 saturated carbocycles. The molecular formula is C22H29N3O2. The molecule has 5 heteroatoms. The molecule has 0 saturated heterocycles. The molecule has 0 aliphatic rings. The van der Waals surface area contributed by atoms with Crippen LogP contribution in [-0.2, 0) is 11.2 Å². The number of nitrogens with one attached hydrogen (secondary N) is 2. The van der Waals surface area contributed by atoms with Gasteiger partial charge in [-0.2, -0.15) is 0 Å². The van der Waals surface area contributed by atoms with Gasteiger partial charge < -0.3 is 11.1 Å². The van der Waals surface area contributed by atoms with Gasteiger partial charge in [0, 0.05) is 17.3 Å². The van der Waals surface area contributed by atoms with Crippen molar-refractivity contribution in [3.05, 3.63) is 65.2 Å². The van der Waals surface area contributed by atoms with E-state index in [0.29, 0.717) is 17.2 Å². The van der Waals surface area contributed by atoms with Gasteiger partial charge in [0.2, 0.25) is 11.8 Å². The fourth-order valence-electron chi connectivity index (χ4n) is 2.93. The lowest BCUT2D eigenvalue weighted by Crippen LogP contribution is -2.39. The second-order valence-corrected chi connectivity index (χ2v) is 7.38. The Kier molecular flexibility index (Phi) is 7.13.